The number of rotatable bonds is 1. The van der Waals surface area contributed by atoms with Crippen molar-refractivity contribution in [2.75, 3.05) is 5.73 Å². The molecule has 0 aromatic carbocycles. The first-order valence-corrected chi connectivity index (χ1v) is 3.30. The van der Waals surface area contributed by atoms with Gasteiger partial charge in [0.15, 0.2) is 16.6 Å². The van der Waals surface area contributed by atoms with Crippen LogP contribution in [0.15, 0.2) is 0 Å². The van der Waals surface area contributed by atoms with E-state index in [4.69, 9.17) is 17.3 Å². The SMILES string of the molecule is C.Nc1nc(Cl)c(C=O)s1. The maximum absolute atomic E-state index is 10.1. The van der Waals surface area contributed by atoms with Gasteiger partial charge in [-0.2, -0.15) is 0 Å². The van der Waals surface area contributed by atoms with E-state index in [1.54, 1.807) is 0 Å². The second-order valence-corrected chi connectivity index (χ2v) is 2.75. The molecule has 1 aromatic rings. The van der Waals surface area contributed by atoms with Crippen LogP contribution in [0, 0.1) is 0 Å². The molecule has 5 heteroatoms. The number of nitrogens with zero attached hydrogens (tertiary/aromatic N) is 1. The van der Waals surface area contributed by atoms with Crippen LogP contribution in [0.4, 0.5) is 5.13 Å². The van der Waals surface area contributed by atoms with Crippen molar-refractivity contribution in [2.45, 2.75) is 7.43 Å². The minimum absolute atomic E-state index is 0. The summed E-state index contributed by atoms with van der Waals surface area (Å²) in [7, 11) is 0. The highest BCUT2D eigenvalue weighted by Gasteiger charge is 2.03. The largest absolute Gasteiger partial charge is 0.375 e. The molecule has 0 unspecified atom stereocenters. The summed E-state index contributed by atoms with van der Waals surface area (Å²) in [6.07, 6.45) is 0.635. The topological polar surface area (TPSA) is 56.0 Å². The lowest BCUT2D eigenvalue weighted by molar-refractivity contribution is 0.112. The Balaban J connectivity index is 0.000000810. The average molecular weight is 179 g/mol. The molecule has 3 nitrogen and oxygen atoms in total. The number of carbonyl (C=O) groups excluding carboxylic acids is 1. The molecule has 0 aliphatic rings. The minimum atomic E-state index is 0. The molecule has 1 rings (SSSR count). The molecular weight excluding hydrogens is 172 g/mol. The lowest BCUT2D eigenvalue weighted by atomic mass is 10.6. The standard InChI is InChI=1S/C4H3ClN2OS.CH4/c5-3-2(1-8)9-4(6)7-3;/h1H,(H2,6,7);1H4. The number of carbonyl (C=O) groups is 1. The molecule has 0 saturated heterocycles. The fraction of sp³-hybridized carbons (Fsp3) is 0.200. The van der Waals surface area contributed by atoms with E-state index in [1.165, 1.54) is 0 Å². The predicted molar refractivity (Wildman–Crippen MR) is 43.7 cm³/mol. The number of aldehydes is 1. The minimum Gasteiger partial charge on any atom is -0.375 e. The van der Waals surface area contributed by atoms with E-state index in [9.17, 15) is 4.79 Å². The van der Waals surface area contributed by atoms with Crippen molar-refractivity contribution in [3.63, 3.8) is 0 Å². The van der Waals surface area contributed by atoms with Crippen molar-refractivity contribution < 1.29 is 4.79 Å². The number of hydrogen-bond donors (Lipinski definition) is 1. The summed E-state index contributed by atoms with van der Waals surface area (Å²) in [5.41, 5.74) is 5.22. The first-order chi connectivity index (χ1) is 4.24. The van der Waals surface area contributed by atoms with E-state index in [-0.39, 0.29) is 12.6 Å². The molecule has 0 amide bonds. The van der Waals surface area contributed by atoms with Crippen LogP contribution in [-0.2, 0) is 0 Å². The fourth-order valence-electron chi connectivity index (χ4n) is 0.402. The van der Waals surface area contributed by atoms with Crippen molar-refractivity contribution in [1.29, 1.82) is 0 Å². The molecule has 10 heavy (non-hydrogen) atoms. The predicted octanol–water partition coefficient (Wildman–Crippen LogP) is 1.83. The number of halogens is 1. The van der Waals surface area contributed by atoms with Crippen LogP contribution in [0.2, 0.25) is 5.15 Å². The summed E-state index contributed by atoms with van der Waals surface area (Å²) in [5.74, 6) is 0. The molecule has 0 bridgehead atoms. The van der Waals surface area contributed by atoms with E-state index in [0.717, 1.165) is 11.3 Å². The molecular formula is C5H7ClN2OS. The summed E-state index contributed by atoms with van der Waals surface area (Å²) in [5, 5.41) is 0.509. The maximum Gasteiger partial charge on any atom is 0.182 e. The summed E-state index contributed by atoms with van der Waals surface area (Å²) in [4.78, 5) is 14.1. The number of aromatic nitrogens is 1. The maximum atomic E-state index is 10.1. The van der Waals surface area contributed by atoms with E-state index in [2.05, 4.69) is 4.98 Å². The van der Waals surface area contributed by atoms with Gasteiger partial charge >= 0.3 is 0 Å². The first-order valence-electron chi connectivity index (χ1n) is 2.11. The molecule has 0 saturated carbocycles. The van der Waals surface area contributed by atoms with Crippen LogP contribution in [0.25, 0.3) is 0 Å². The number of anilines is 1. The van der Waals surface area contributed by atoms with Gasteiger partial charge in [-0.3, -0.25) is 4.79 Å². The number of nitrogens with two attached hydrogens (primary N) is 1. The summed E-state index contributed by atoms with van der Waals surface area (Å²) >= 11 is 6.51. The smallest absolute Gasteiger partial charge is 0.182 e. The molecule has 2 N–H and O–H groups in total. The Morgan fingerprint density at radius 1 is 1.70 bits per heavy atom. The summed E-state index contributed by atoms with van der Waals surface area (Å²) in [6, 6.07) is 0. The molecule has 0 atom stereocenters. The van der Waals surface area contributed by atoms with Gasteiger partial charge in [0, 0.05) is 0 Å². The Labute approximate surface area is 67.8 Å². The van der Waals surface area contributed by atoms with Crippen LogP contribution in [0.5, 0.6) is 0 Å². The zero-order valence-electron chi connectivity index (χ0n) is 4.30. The van der Waals surface area contributed by atoms with E-state index >= 15 is 0 Å². The monoisotopic (exact) mass is 178 g/mol. The molecule has 0 spiro atoms. The van der Waals surface area contributed by atoms with Gasteiger partial charge in [-0.1, -0.05) is 30.4 Å². The molecule has 56 valence electrons. The second-order valence-electron chi connectivity index (χ2n) is 1.33. The number of hydrogen-bond acceptors (Lipinski definition) is 4. The molecule has 0 radical (unpaired) electrons. The quantitative estimate of drug-likeness (QED) is 0.668. The van der Waals surface area contributed by atoms with Gasteiger partial charge in [0.25, 0.3) is 0 Å². The first kappa shape index (κ1) is 9.39. The van der Waals surface area contributed by atoms with E-state index in [1.807, 2.05) is 0 Å². The van der Waals surface area contributed by atoms with Gasteiger partial charge in [-0.05, 0) is 0 Å². The van der Waals surface area contributed by atoms with Crippen molar-refractivity contribution in [3.8, 4) is 0 Å². The lowest BCUT2D eigenvalue weighted by Gasteiger charge is -1.73. The van der Waals surface area contributed by atoms with Crippen molar-refractivity contribution in [2.24, 2.45) is 0 Å². The van der Waals surface area contributed by atoms with E-state index in [0.29, 0.717) is 16.3 Å². The van der Waals surface area contributed by atoms with Crippen molar-refractivity contribution >= 4 is 34.4 Å². The Hall–Kier alpha value is -0.610. The van der Waals surface area contributed by atoms with Crippen LogP contribution in [-0.4, -0.2) is 11.3 Å². The molecule has 0 fully saturated rings. The third-order valence-electron chi connectivity index (χ3n) is 0.733. The van der Waals surface area contributed by atoms with Crippen LogP contribution in [0.1, 0.15) is 17.1 Å². The zero-order valence-corrected chi connectivity index (χ0v) is 5.87. The van der Waals surface area contributed by atoms with Crippen LogP contribution in [0.3, 0.4) is 0 Å². The summed E-state index contributed by atoms with van der Waals surface area (Å²) in [6.45, 7) is 0. The van der Waals surface area contributed by atoms with Gasteiger partial charge < -0.3 is 5.73 Å². The molecule has 1 aromatic heterocycles. The van der Waals surface area contributed by atoms with E-state index < -0.39 is 0 Å². The van der Waals surface area contributed by atoms with Crippen LogP contribution >= 0.6 is 22.9 Å². The Kier molecular flexibility index (Phi) is 3.32. The van der Waals surface area contributed by atoms with Crippen molar-refractivity contribution in [1.82, 2.24) is 4.98 Å². The van der Waals surface area contributed by atoms with Gasteiger partial charge in [0.2, 0.25) is 0 Å². The number of nitrogen functional groups attached to an aromatic ring is 1. The molecule has 0 aliphatic carbocycles. The lowest BCUT2D eigenvalue weighted by Crippen LogP contribution is -1.78. The van der Waals surface area contributed by atoms with Crippen molar-refractivity contribution in [3.05, 3.63) is 10.0 Å². The highest BCUT2D eigenvalue weighted by Crippen LogP contribution is 2.21. The average Bonchev–Trinajstić information content (AvgIpc) is 2.10. The molecule has 0 aliphatic heterocycles. The number of thiazole rings is 1. The van der Waals surface area contributed by atoms with Gasteiger partial charge in [0.1, 0.15) is 4.88 Å². The van der Waals surface area contributed by atoms with Crippen LogP contribution < -0.4 is 5.73 Å². The fourth-order valence-corrected chi connectivity index (χ4v) is 1.24. The highest BCUT2D eigenvalue weighted by molar-refractivity contribution is 7.17. The third kappa shape index (κ3) is 1.68. The van der Waals surface area contributed by atoms with Gasteiger partial charge in [-0.15, -0.1) is 0 Å². The summed E-state index contributed by atoms with van der Waals surface area (Å²) < 4.78 is 0. The van der Waals surface area contributed by atoms with Gasteiger partial charge in [-0.25, -0.2) is 4.98 Å². The second kappa shape index (κ2) is 3.53. The Bertz CT molecular complexity index is 236. The van der Waals surface area contributed by atoms with Gasteiger partial charge in [0.05, 0.1) is 0 Å². The Morgan fingerprint density at radius 2 is 2.30 bits per heavy atom. The zero-order chi connectivity index (χ0) is 6.85. The third-order valence-corrected chi connectivity index (χ3v) is 1.94. The normalized spacial score (nSPS) is 8.50. The highest BCUT2D eigenvalue weighted by atomic mass is 35.5. The Morgan fingerprint density at radius 3 is 2.50 bits per heavy atom. The molecule has 1 heterocycles.